The Kier molecular flexibility index (Phi) is 9.11. The van der Waals surface area contributed by atoms with Crippen molar-refractivity contribution in [3.8, 4) is 17.3 Å². The number of aromatic nitrogens is 1. The van der Waals surface area contributed by atoms with E-state index in [9.17, 15) is 10.1 Å². The van der Waals surface area contributed by atoms with Crippen LogP contribution in [0.15, 0.2) is 54.1 Å². The number of nitrogens with zero attached hydrogens (tertiary/aromatic N) is 3. The molecule has 1 amide bonds. The van der Waals surface area contributed by atoms with Crippen molar-refractivity contribution in [2.75, 3.05) is 38.3 Å². The summed E-state index contributed by atoms with van der Waals surface area (Å²) in [5.41, 5.74) is 4.99. The predicted octanol–water partition coefficient (Wildman–Crippen LogP) is 5.53. The summed E-state index contributed by atoms with van der Waals surface area (Å²) < 4.78 is 7.01. The van der Waals surface area contributed by atoms with Gasteiger partial charge in [0.1, 0.15) is 11.6 Å². The minimum absolute atomic E-state index is 0.114. The molecule has 3 rings (SSSR count). The molecule has 0 aliphatic rings. The monoisotopic (exact) mass is 472 g/mol. The Morgan fingerprint density at radius 3 is 2.40 bits per heavy atom. The van der Waals surface area contributed by atoms with E-state index in [4.69, 9.17) is 4.74 Å². The molecule has 3 aromatic rings. The first-order valence-corrected chi connectivity index (χ1v) is 12.3. The molecule has 0 saturated carbocycles. The first-order chi connectivity index (χ1) is 16.9. The van der Waals surface area contributed by atoms with Crippen LogP contribution in [0.2, 0.25) is 0 Å². The number of nitrogens with one attached hydrogen (secondary N) is 1. The lowest BCUT2D eigenvalue weighted by atomic mass is 10.0. The van der Waals surface area contributed by atoms with Gasteiger partial charge in [-0.3, -0.25) is 4.79 Å². The minimum atomic E-state index is -0.383. The first-order valence-electron chi connectivity index (χ1n) is 12.3. The Hall–Kier alpha value is -3.56. The third-order valence-corrected chi connectivity index (χ3v) is 6.28. The number of methoxy groups -OCH3 is 1. The van der Waals surface area contributed by atoms with Gasteiger partial charge in [0.25, 0.3) is 5.91 Å². The number of ether oxygens (including phenoxy) is 1. The quantitative estimate of drug-likeness (QED) is 0.226. The van der Waals surface area contributed by atoms with Crippen LogP contribution in [0.3, 0.4) is 0 Å². The fourth-order valence-electron chi connectivity index (χ4n) is 4.46. The van der Waals surface area contributed by atoms with Crippen molar-refractivity contribution in [1.29, 1.82) is 5.26 Å². The number of amides is 1. The maximum Gasteiger partial charge on any atom is 0.262 e. The van der Waals surface area contributed by atoms with Crippen molar-refractivity contribution in [2.45, 2.75) is 33.6 Å². The Morgan fingerprint density at radius 2 is 1.74 bits per heavy atom. The van der Waals surface area contributed by atoms with Crippen LogP contribution in [0, 0.1) is 11.3 Å². The van der Waals surface area contributed by atoms with E-state index in [-0.39, 0.29) is 11.5 Å². The predicted molar refractivity (Wildman–Crippen MR) is 144 cm³/mol. The third-order valence-electron chi connectivity index (χ3n) is 6.28. The van der Waals surface area contributed by atoms with Crippen molar-refractivity contribution in [2.24, 2.45) is 7.05 Å². The summed E-state index contributed by atoms with van der Waals surface area (Å²) in [4.78, 5) is 14.9. The molecule has 0 spiro atoms. The molecule has 0 radical (unpaired) electrons. The maximum atomic E-state index is 12.5. The lowest BCUT2D eigenvalue weighted by Gasteiger charge is -2.24. The van der Waals surface area contributed by atoms with Gasteiger partial charge in [-0.25, -0.2) is 0 Å². The summed E-state index contributed by atoms with van der Waals surface area (Å²) in [5.74, 6) is -0.383. The second kappa shape index (κ2) is 12.2. The van der Waals surface area contributed by atoms with Gasteiger partial charge in [0.15, 0.2) is 0 Å². The molecular weight excluding hydrogens is 436 g/mol. The molecule has 0 aliphatic heterocycles. The fourth-order valence-corrected chi connectivity index (χ4v) is 4.46. The molecule has 6 heteroatoms. The van der Waals surface area contributed by atoms with Crippen LogP contribution in [0.5, 0.6) is 0 Å². The molecule has 2 aromatic carbocycles. The Bertz CT molecular complexity index is 1240. The zero-order valence-corrected chi connectivity index (χ0v) is 21.5. The number of hydrogen-bond donors (Lipinski definition) is 1. The zero-order chi connectivity index (χ0) is 25.4. The number of carbonyl (C=O) groups is 1. The summed E-state index contributed by atoms with van der Waals surface area (Å²) in [6.07, 6.45) is 2.26. The topological polar surface area (TPSA) is 70.3 Å². The van der Waals surface area contributed by atoms with Crippen LogP contribution >= 0.6 is 0 Å². The van der Waals surface area contributed by atoms with Gasteiger partial charge in [-0.15, -0.1) is 0 Å². The van der Waals surface area contributed by atoms with E-state index < -0.39 is 0 Å². The van der Waals surface area contributed by atoms with E-state index >= 15 is 0 Å². The van der Waals surface area contributed by atoms with Crippen molar-refractivity contribution < 1.29 is 9.53 Å². The Morgan fingerprint density at radius 1 is 1.06 bits per heavy atom. The molecule has 184 valence electrons. The largest absolute Gasteiger partial charge is 0.383 e. The van der Waals surface area contributed by atoms with E-state index in [0.717, 1.165) is 42.9 Å². The van der Waals surface area contributed by atoms with Gasteiger partial charge in [-0.1, -0.05) is 32.0 Å². The molecule has 0 unspecified atom stereocenters. The molecule has 6 nitrogen and oxygen atoms in total. The number of anilines is 1. The number of carbonyl (C=O) groups excluding carboxylic acids is 1. The van der Waals surface area contributed by atoms with Gasteiger partial charge in [-0.2, -0.15) is 5.26 Å². The molecule has 1 N–H and O–H groups in total. The van der Waals surface area contributed by atoms with E-state index in [2.05, 4.69) is 66.5 Å². The maximum absolute atomic E-state index is 12.5. The van der Waals surface area contributed by atoms with Gasteiger partial charge in [0.2, 0.25) is 0 Å². The van der Waals surface area contributed by atoms with E-state index in [1.54, 1.807) is 7.11 Å². The van der Waals surface area contributed by atoms with Crippen LogP contribution in [0.25, 0.3) is 27.6 Å². The first kappa shape index (κ1) is 26.1. The number of fused-ring (bicyclic) bond motifs is 1. The molecular formula is C29H36N4O2. The number of nitriles is 1. The van der Waals surface area contributed by atoms with Gasteiger partial charge in [0.05, 0.1) is 6.61 Å². The lowest BCUT2D eigenvalue weighted by molar-refractivity contribution is -0.117. The molecule has 35 heavy (non-hydrogen) atoms. The van der Waals surface area contributed by atoms with Crippen LogP contribution in [-0.4, -0.2) is 43.8 Å². The Balaban J connectivity index is 1.92. The van der Waals surface area contributed by atoms with Gasteiger partial charge >= 0.3 is 0 Å². The molecule has 0 fully saturated rings. The fraction of sp³-hybridized carbons (Fsp3) is 0.379. The standard InChI is InChI=1S/C29H36N4O2/c1-6-15-33(16-7-2)25-11-10-22-18-24(9-8-23(22)19-25)28-13-12-27(32(28)4)21(3)26(20-30)29(34)31-14-17-35-5/h8-13,18-19H,6-7,14-17H2,1-5H3,(H,31,34)/b26-21+. The van der Waals surface area contributed by atoms with Crippen LogP contribution < -0.4 is 10.2 Å². The average molecular weight is 473 g/mol. The highest BCUT2D eigenvalue weighted by Crippen LogP contribution is 2.30. The summed E-state index contributed by atoms with van der Waals surface area (Å²) in [7, 11) is 3.54. The van der Waals surface area contributed by atoms with Gasteiger partial charge in [-0.05, 0) is 72.0 Å². The SMILES string of the molecule is CCCN(CCC)c1ccc2cc(-c3ccc(/C(C)=C(\C#N)C(=O)NCCOC)n3C)ccc2c1. The average Bonchev–Trinajstić information content (AvgIpc) is 3.25. The third kappa shape index (κ3) is 5.93. The van der Waals surface area contributed by atoms with Gasteiger partial charge < -0.3 is 19.5 Å². The van der Waals surface area contributed by atoms with Crippen molar-refractivity contribution >= 4 is 27.9 Å². The smallest absolute Gasteiger partial charge is 0.262 e. The summed E-state index contributed by atoms with van der Waals surface area (Å²) in [6, 6.07) is 19.3. The second-order valence-electron chi connectivity index (χ2n) is 8.76. The molecule has 0 aliphatic carbocycles. The van der Waals surface area contributed by atoms with E-state index in [1.807, 2.05) is 30.7 Å². The highest BCUT2D eigenvalue weighted by Gasteiger charge is 2.17. The van der Waals surface area contributed by atoms with Crippen molar-refractivity contribution in [1.82, 2.24) is 9.88 Å². The normalized spacial score (nSPS) is 11.8. The minimum Gasteiger partial charge on any atom is -0.383 e. The number of allylic oxidation sites excluding steroid dienone is 1. The molecule has 0 saturated heterocycles. The highest BCUT2D eigenvalue weighted by atomic mass is 16.5. The Labute approximate surface area is 208 Å². The number of benzene rings is 2. The second-order valence-corrected chi connectivity index (χ2v) is 8.76. The summed E-state index contributed by atoms with van der Waals surface area (Å²) in [5, 5.41) is 14.8. The van der Waals surface area contributed by atoms with Crippen LogP contribution in [0.1, 0.15) is 39.3 Å². The van der Waals surface area contributed by atoms with Crippen LogP contribution in [0.4, 0.5) is 5.69 Å². The van der Waals surface area contributed by atoms with E-state index in [1.165, 1.54) is 16.5 Å². The van der Waals surface area contributed by atoms with Crippen LogP contribution in [-0.2, 0) is 16.6 Å². The van der Waals surface area contributed by atoms with Crippen molar-refractivity contribution in [3.05, 3.63) is 59.8 Å². The molecule has 0 atom stereocenters. The molecule has 1 heterocycles. The zero-order valence-electron chi connectivity index (χ0n) is 21.5. The summed E-state index contributed by atoms with van der Waals surface area (Å²) in [6.45, 7) is 9.13. The van der Waals surface area contributed by atoms with E-state index in [0.29, 0.717) is 18.7 Å². The molecule has 0 bridgehead atoms. The number of hydrogen-bond acceptors (Lipinski definition) is 4. The van der Waals surface area contributed by atoms with Crippen molar-refractivity contribution in [3.63, 3.8) is 0 Å². The number of rotatable bonds is 11. The summed E-state index contributed by atoms with van der Waals surface area (Å²) >= 11 is 0. The molecule has 1 aromatic heterocycles. The lowest BCUT2D eigenvalue weighted by Crippen LogP contribution is -2.28. The highest BCUT2D eigenvalue weighted by molar-refractivity contribution is 6.04. The van der Waals surface area contributed by atoms with Gasteiger partial charge in [0, 0.05) is 50.9 Å².